The zero-order chi connectivity index (χ0) is 26.0. The van der Waals surface area contributed by atoms with Gasteiger partial charge in [-0.25, -0.2) is 8.42 Å². The molecule has 2 heterocycles. The van der Waals surface area contributed by atoms with Gasteiger partial charge in [0, 0.05) is 30.1 Å². The normalized spacial score (nSPS) is 13.2. The number of hydrogen-bond acceptors (Lipinski definition) is 6. The van der Waals surface area contributed by atoms with Crippen LogP contribution in [0.4, 0.5) is 0 Å². The van der Waals surface area contributed by atoms with E-state index in [1.54, 1.807) is 30.3 Å². The molecule has 1 aliphatic rings. The SMILES string of the molecule is COc1ccc(S(=O)(=O)N(CCc2cccc(C)c2)Cc2cc3cc4c(cc3[nH]c2=O)OCCO4)cc1. The smallest absolute Gasteiger partial charge is 0.252 e. The number of aromatic amines is 1. The van der Waals surface area contributed by atoms with Crippen molar-refractivity contribution in [2.75, 3.05) is 26.9 Å². The molecule has 0 amide bonds. The van der Waals surface area contributed by atoms with E-state index >= 15 is 0 Å². The van der Waals surface area contributed by atoms with Gasteiger partial charge in [0.05, 0.1) is 17.5 Å². The fourth-order valence-corrected chi connectivity index (χ4v) is 5.82. The number of ether oxygens (including phenoxy) is 3. The second-order valence-electron chi connectivity index (χ2n) is 8.96. The van der Waals surface area contributed by atoms with Crippen molar-refractivity contribution in [1.29, 1.82) is 0 Å². The van der Waals surface area contributed by atoms with Crippen LogP contribution in [0.15, 0.2) is 76.4 Å². The van der Waals surface area contributed by atoms with Crippen molar-refractivity contribution in [3.8, 4) is 17.2 Å². The predicted molar refractivity (Wildman–Crippen MR) is 141 cm³/mol. The number of aryl methyl sites for hydroxylation is 1. The Morgan fingerprint density at radius 3 is 2.41 bits per heavy atom. The van der Waals surface area contributed by atoms with Crippen LogP contribution in [0.2, 0.25) is 0 Å². The van der Waals surface area contributed by atoms with Crippen molar-refractivity contribution in [1.82, 2.24) is 9.29 Å². The van der Waals surface area contributed by atoms with E-state index in [9.17, 15) is 13.2 Å². The maximum absolute atomic E-state index is 13.7. The molecular formula is C28H28N2O6S. The molecule has 9 heteroatoms. The summed E-state index contributed by atoms with van der Waals surface area (Å²) in [5.41, 5.74) is 2.70. The Hall–Kier alpha value is -3.82. The van der Waals surface area contributed by atoms with Gasteiger partial charge < -0.3 is 19.2 Å². The van der Waals surface area contributed by atoms with Crippen LogP contribution in [0.25, 0.3) is 10.9 Å². The molecule has 1 aliphatic heterocycles. The minimum Gasteiger partial charge on any atom is -0.497 e. The molecule has 0 aliphatic carbocycles. The second kappa shape index (κ2) is 10.3. The summed E-state index contributed by atoms with van der Waals surface area (Å²) in [5, 5.41) is 0.735. The molecule has 1 aromatic heterocycles. The van der Waals surface area contributed by atoms with Crippen molar-refractivity contribution in [3.05, 3.63) is 93.8 Å². The quantitative estimate of drug-likeness (QED) is 0.377. The first-order valence-corrected chi connectivity index (χ1v) is 13.4. The number of H-pyrrole nitrogens is 1. The first-order chi connectivity index (χ1) is 17.8. The zero-order valence-electron chi connectivity index (χ0n) is 20.7. The molecule has 0 fully saturated rings. The summed E-state index contributed by atoms with van der Waals surface area (Å²) in [6, 6.07) is 19.5. The van der Waals surface area contributed by atoms with Gasteiger partial charge in [0.25, 0.3) is 5.56 Å². The van der Waals surface area contributed by atoms with Crippen LogP contribution in [0.3, 0.4) is 0 Å². The van der Waals surface area contributed by atoms with Crippen LogP contribution in [0.1, 0.15) is 16.7 Å². The van der Waals surface area contributed by atoms with Crippen molar-refractivity contribution in [3.63, 3.8) is 0 Å². The average Bonchev–Trinajstić information content (AvgIpc) is 2.90. The Bertz CT molecular complexity index is 1600. The summed E-state index contributed by atoms with van der Waals surface area (Å²) in [5.74, 6) is 1.73. The van der Waals surface area contributed by atoms with Gasteiger partial charge in [-0.15, -0.1) is 0 Å². The van der Waals surface area contributed by atoms with E-state index in [1.165, 1.54) is 23.5 Å². The maximum atomic E-state index is 13.7. The van der Waals surface area contributed by atoms with E-state index in [0.717, 1.165) is 16.5 Å². The molecule has 8 nitrogen and oxygen atoms in total. The number of sulfonamides is 1. The molecule has 4 aromatic rings. The monoisotopic (exact) mass is 520 g/mol. The number of hydrogen-bond donors (Lipinski definition) is 1. The predicted octanol–water partition coefficient (Wildman–Crippen LogP) is 4.05. The summed E-state index contributed by atoms with van der Waals surface area (Å²) in [6.45, 7) is 3.01. The van der Waals surface area contributed by atoms with Gasteiger partial charge in [-0.3, -0.25) is 4.79 Å². The maximum Gasteiger partial charge on any atom is 0.252 e. The molecule has 0 unspecified atom stereocenters. The van der Waals surface area contributed by atoms with Crippen LogP contribution in [0.5, 0.6) is 17.2 Å². The highest BCUT2D eigenvalue weighted by Crippen LogP contribution is 2.34. The van der Waals surface area contributed by atoms with Crippen LogP contribution < -0.4 is 19.8 Å². The van der Waals surface area contributed by atoms with Gasteiger partial charge in [0.2, 0.25) is 10.0 Å². The first-order valence-electron chi connectivity index (χ1n) is 12.0. The van der Waals surface area contributed by atoms with Gasteiger partial charge in [-0.05, 0) is 55.3 Å². The average molecular weight is 521 g/mol. The molecule has 0 atom stereocenters. The lowest BCUT2D eigenvalue weighted by atomic mass is 10.1. The van der Waals surface area contributed by atoms with Crippen molar-refractivity contribution < 1.29 is 22.6 Å². The Balaban J connectivity index is 1.50. The van der Waals surface area contributed by atoms with Crippen LogP contribution in [-0.2, 0) is 23.0 Å². The van der Waals surface area contributed by atoms with Crippen molar-refractivity contribution in [2.45, 2.75) is 24.8 Å². The van der Waals surface area contributed by atoms with Crippen LogP contribution in [-0.4, -0.2) is 44.6 Å². The number of benzene rings is 3. The van der Waals surface area contributed by atoms with Gasteiger partial charge in [0.15, 0.2) is 11.5 Å². The summed E-state index contributed by atoms with van der Waals surface area (Å²) >= 11 is 0. The number of methoxy groups -OCH3 is 1. The van der Waals surface area contributed by atoms with E-state index in [-0.39, 0.29) is 23.5 Å². The van der Waals surface area contributed by atoms with E-state index in [0.29, 0.717) is 48.0 Å². The molecule has 192 valence electrons. The van der Waals surface area contributed by atoms with E-state index in [4.69, 9.17) is 14.2 Å². The fourth-order valence-electron chi connectivity index (χ4n) is 4.40. The minimum atomic E-state index is -3.91. The van der Waals surface area contributed by atoms with E-state index in [1.807, 2.05) is 31.2 Å². The summed E-state index contributed by atoms with van der Waals surface area (Å²) in [7, 11) is -2.38. The Morgan fingerprint density at radius 1 is 0.973 bits per heavy atom. The molecule has 1 N–H and O–H groups in total. The first kappa shape index (κ1) is 24.9. The largest absolute Gasteiger partial charge is 0.497 e. The highest BCUT2D eigenvalue weighted by Gasteiger charge is 2.26. The molecule has 37 heavy (non-hydrogen) atoms. The van der Waals surface area contributed by atoms with Gasteiger partial charge >= 0.3 is 0 Å². The van der Waals surface area contributed by atoms with Gasteiger partial charge in [-0.2, -0.15) is 4.31 Å². The highest BCUT2D eigenvalue weighted by molar-refractivity contribution is 7.89. The second-order valence-corrected chi connectivity index (χ2v) is 10.9. The third-order valence-corrected chi connectivity index (χ3v) is 8.22. The topological polar surface area (TPSA) is 97.9 Å². The zero-order valence-corrected chi connectivity index (χ0v) is 21.5. The van der Waals surface area contributed by atoms with Gasteiger partial charge in [0.1, 0.15) is 19.0 Å². The van der Waals surface area contributed by atoms with Crippen molar-refractivity contribution in [2.24, 2.45) is 0 Å². The van der Waals surface area contributed by atoms with Crippen LogP contribution in [0, 0.1) is 6.92 Å². The number of nitrogens with one attached hydrogen (secondary N) is 1. The lowest BCUT2D eigenvalue weighted by molar-refractivity contribution is 0.172. The van der Waals surface area contributed by atoms with Crippen molar-refractivity contribution >= 4 is 20.9 Å². The molecule has 0 spiro atoms. The fraction of sp³-hybridized carbons (Fsp3) is 0.250. The third kappa shape index (κ3) is 5.33. The van der Waals surface area contributed by atoms with Crippen LogP contribution >= 0.6 is 0 Å². The number of pyridine rings is 1. The number of rotatable bonds is 8. The number of nitrogens with zero attached hydrogens (tertiary/aromatic N) is 1. The minimum absolute atomic E-state index is 0.0834. The summed E-state index contributed by atoms with van der Waals surface area (Å²) < 4.78 is 45.3. The molecule has 0 radical (unpaired) electrons. The third-order valence-electron chi connectivity index (χ3n) is 6.36. The standard InChI is InChI=1S/C28H28N2O6S/c1-19-4-3-5-20(14-19)10-11-30(37(32,33)24-8-6-23(34-2)7-9-24)18-22-15-21-16-26-27(36-13-12-35-26)17-25(21)29-28(22)31/h3-9,14-17H,10-13,18H2,1-2H3,(H,29,31). The summed E-state index contributed by atoms with van der Waals surface area (Å²) in [4.78, 5) is 16.0. The van der Waals surface area contributed by atoms with Gasteiger partial charge in [-0.1, -0.05) is 29.8 Å². The van der Waals surface area contributed by atoms with E-state index < -0.39 is 10.0 Å². The lowest BCUT2D eigenvalue weighted by Gasteiger charge is -2.23. The number of aromatic nitrogens is 1. The molecule has 0 bridgehead atoms. The Labute approximate surface area is 215 Å². The summed E-state index contributed by atoms with van der Waals surface area (Å²) in [6.07, 6.45) is 0.501. The lowest BCUT2D eigenvalue weighted by Crippen LogP contribution is -2.34. The highest BCUT2D eigenvalue weighted by atomic mass is 32.2. The Kier molecular flexibility index (Phi) is 6.90. The molecule has 0 saturated carbocycles. The molecule has 0 saturated heterocycles. The molecular weight excluding hydrogens is 492 g/mol. The molecule has 5 rings (SSSR count). The molecule has 3 aromatic carbocycles. The number of fused-ring (bicyclic) bond motifs is 2. The Morgan fingerprint density at radius 2 is 1.70 bits per heavy atom. The van der Waals surface area contributed by atoms with E-state index in [2.05, 4.69) is 4.98 Å².